The Morgan fingerprint density at radius 3 is 2.88 bits per heavy atom. The third kappa shape index (κ3) is 4.07. The number of benzene rings is 1. The second kappa shape index (κ2) is 7.78. The molecule has 6 heteroatoms. The van der Waals surface area contributed by atoms with Crippen molar-refractivity contribution in [1.29, 1.82) is 0 Å². The number of rotatable bonds is 6. The summed E-state index contributed by atoms with van der Waals surface area (Å²) in [6.45, 7) is 6.89. The standard InChI is InChI=1S/C19H25FN4O/c1-3-24-10-4-5-16(24)12-21-18(25)11-17-13(2)22-23-19(17)14-6-8-15(20)9-7-14/h6-9,16H,3-5,10-12H2,1-2H3,(H,21,25)(H,22,23)/t16-/m1/s1. The lowest BCUT2D eigenvalue weighted by Gasteiger charge is -2.22. The zero-order chi connectivity index (χ0) is 17.8. The molecule has 1 atom stereocenters. The van der Waals surface area contributed by atoms with Crippen LogP contribution in [0.1, 0.15) is 31.0 Å². The van der Waals surface area contributed by atoms with E-state index >= 15 is 0 Å². The maximum atomic E-state index is 13.1. The molecule has 1 amide bonds. The average molecular weight is 344 g/mol. The minimum atomic E-state index is -0.285. The number of hydrogen-bond donors (Lipinski definition) is 2. The van der Waals surface area contributed by atoms with Crippen LogP contribution >= 0.6 is 0 Å². The van der Waals surface area contributed by atoms with Gasteiger partial charge in [-0.1, -0.05) is 6.92 Å². The number of likely N-dealkylation sites (N-methyl/N-ethyl adjacent to an activating group) is 1. The Morgan fingerprint density at radius 2 is 2.16 bits per heavy atom. The minimum absolute atomic E-state index is 0.00388. The lowest BCUT2D eigenvalue weighted by molar-refractivity contribution is -0.120. The van der Waals surface area contributed by atoms with Crippen LogP contribution in [0.5, 0.6) is 0 Å². The number of hydrogen-bond acceptors (Lipinski definition) is 3. The van der Waals surface area contributed by atoms with Gasteiger partial charge < -0.3 is 5.32 Å². The number of aromatic nitrogens is 2. The van der Waals surface area contributed by atoms with E-state index in [-0.39, 0.29) is 18.1 Å². The van der Waals surface area contributed by atoms with Crippen molar-refractivity contribution in [1.82, 2.24) is 20.4 Å². The van der Waals surface area contributed by atoms with Crippen LogP contribution in [0, 0.1) is 12.7 Å². The Morgan fingerprint density at radius 1 is 1.40 bits per heavy atom. The summed E-state index contributed by atoms with van der Waals surface area (Å²) >= 11 is 0. The molecule has 0 radical (unpaired) electrons. The summed E-state index contributed by atoms with van der Waals surface area (Å²) in [4.78, 5) is 14.8. The Balaban J connectivity index is 1.65. The first-order chi connectivity index (χ1) is 12.1. The Hall–Kier alpha value is -2.21. The highest BCUT2D eigenvalue weighted by molar-refractivity contribution is 5.81. The van der Waals surface area contributed by atoms with Crippen LogP contribution in [-0.2, 0) is 11.2 Å². The van der Waals surface area contributed by atoms with Crippen LogP contribution in [0.15, 0.2) is 24.3 Å². The van der Waals surface area contributed by atoms with Crippen LogP contribution in [-0.4, -0.2) is 46.7 Å². The Bertz CT molecular complexity index is 726. The third-order valence-electron chi connectivity index (χ3n) is 4.97. The molecule has 0 aliphatic carbocycles. The number of H-pyrrole nitrogens is 1. The van der Waals surface area contributed by atoms with Gasteiger partial charge in [0.1, 0.15) is 5.82 Å². The molecule has 5 nitrogen and oxygen atoms in total. The average Bonchev–Trinajstić information content (AvgIpc) is 3.21. The first-order valence-corrected chi connectivity index (χ1v) is 8.89. The molecule has 3 rings (SSSR count). The van der Waals surface area contributed by atoms with Gasteiger partial charge in [-0.05, 0) is 57.1 Å². The highest BCUT2D eigenvalue weighted by Crippen LogP contribution is 2.24. The summed E-state index contributed by atoms with van der Waals surface area (Å²) in [7, 11) is 0. The molecular formula is C19H25FN4O. The fourth-order valence-electron chi connectivity index (χ4n) is 3.51. The molecule has 0 saturated carbocycles. The van der Waals surface area contributed by atoms with E-state index in [1.807, 2.05) is 6.92 Å². The van der Waals surface area contributed by atoms with Gasteiger partial charge in [0, 0.05) is 29.4 Å². The van der Waals surface area contributed by atoms with Crippen molar-refractivity contribution < 1.29 is 9.18 Å². The van der Waals surface area contributed by atoms with Crippen LogP contribution in [0.3, 0.4) is 0 Å². The first-order valence-electron chi connectivity index (χ1n) is 8.89. The summed E-state index contributed by atoms with van der Waals surface area (Å²) in [6.07, 6.45) is 2.61. The van der Waals surface area contributed by atoms with E-state index in [2.05, 4.69) is 27.3 Å². The predicted octanol–water partition coefficient (Wildman–Crippen LogP) is 2.67. The maximum Gasteiger partial charge on any atom is 0.224 e. The topological polar surface area (TPSA) is 61.0 Å². The highest BCUT2D eigenvalue weighted by atomic mass is 19.1. The van der Waals surface area contributed by atoms with Crippen molar-refractivity contribution >= 4 is 5.91 Å². The molecule has 0 spiro atoms. The molecular weight excluding hydrogens is 319 g/mol. The van der Waals surface area contributed by atoms with E-state index < -0.39 is 0 Å². The predicted molar refractivity (Wildman–Crippen MR) is 95.7 cm³/mol. The molecule has 1 aromatic carbocycles. The van der Waals surface area contributed by atoms with E-state index in [1.165, 1.54) is 18.6 Å². The number of carbonyl (C=O) groups excluding carboxylic acids is 1. The second-order valence-corrected chi connectivity index (χ2v) is 6.59. The van der Waals surface area contributed by atoms with Gasteiger partial charge in [-0.3, -0.25) is 14.8 Å². The van der Waals surface area contributed by atoms with Gasteiger partial charge in [-0.15, -0.1) is 0 Å². The third-order valence-corrected chi connectivity index (χ3v) is 4.97. The summed E-state index contributed by atoms with van der Waals surface area (Å²) in [5, 5.41) is 10.3. The van der Waals surface area contributed by atoms with Crippen LogP contribution in [0.2, 0.25) is 0 Å². The number of nitrogens with one attached hydrogen (secondary N) is 2. The lowest BCUT2D eigenvalue weighted by atomic mass is 10.0. The molecule has 2 aromatic rings. The fraction of sp³-hybridized carbons (Fsp3) is 0.474. The molecule has 1 fully saturated rings. The summed E-state index contributed by atoms with van der Waals surface area (Å²) < 4.78 is 13.1. The summed E-state index contributed by atoms with van der Waals surface area (Å²) in [6, 6.07) is 6.62. The van der Waals surface area contributed by atoms with Gasteiger partial charge in [0.25, 0.3) is 0 Å². The van der Waals surface area contributed by atoms with Crippen molar-refractivity contribution in [2.45, 2.75) is 39.2 Å². The first kappa shape index (κ1) is 17.6. The number of aromatic amines is 1. The number of halogens is 1. The molecule has 2 N–H and O–H groups in total. The highest BCUT2D eigenvalue weighted by Gasteiger charge is 2.23. The van der Waals surface area contributed by atoms with E-state index in [0.717, 1.165) is 36.3 Å². The molecule has 2 heterocycles. The SMILES string of the molecule is CCN1CCC[C@@H]1CNC(=O)Cc1c(-c2ccc(F)cc2)n[nH]c1C. The largest absolute Gasteiger partial charge is 0.354 e. The van der Waals surface area contributed by atoms with Gasteiger partial charge >= 0.3 is 0 Å². The molecule has 1 aromatic heterocycles. The van der Waals surface area contributed by atoms with E-state index in [0.29, 0.717) is 18.3 Å². The molecule has 0 bridgehead atoms. The van der Waals surface area contributed by atoms with E-state index in [1.54, 1.807) is 12.1 Å². The van der Waals surface area contributed by atoms with Crippen LogP contribution in [0.25, 0.3) is 11.3 Å². The Labute approximate surface area is 147 Å². The molecule has 1 aliphatic heterocycles. The molecule has 134 valence electrons. The number of amides is 1. The van der Waals surface area contributed by atoms with Gasteiger partial charge in [-0.2, -0.15) is 5.10 Å². The fourth-order valence-corrected chi connectivity index (χ4v) is 3.51. The molecule has 25 heavy (non-hydrogen) atoms. The van der Waals surface area contributed by atoms with Crippen LogP contribution in [0.4, 0.5) is 4.39 Å². The number of carbonyl (C=O) groups is 1. The van der Waals surface area contributed by atoms with Gasteiger partial charge in [0.05, 0.1) is 12.1 Å². The van der Waals surface area contributed by atoms with Crippen molar-refractivity contribution in [3.63, 3.8) is 0 Å². The van der Waals surface area contributed by atoms with Crippen molar-refractivity contribution in [2.24, 2.45) is 0 Å². The zero-order valence-electron chi connectivity index (χ0n) is 14.8. The summed E-state index contributed by atoms with van der Waals surface area (Å²) in [5.41, 5.74) is 3.25. The minimum Gasteiger partial charge on any atom is -0.354 e. The normalized spacial score (nSPS) is 17.8. The second-order valence-electron chi connectivity index (χ2n) is 6.59. The van der Waals surface area contributed by atoms with Crippen molar-refractivity contribution in [2.75, 3.05) is 19.6 Å². The maximum absolute atomic E-state index is 13.1. The zero-order valence-corrected chi connectivity index (χ0v) is 14.8. The monoisotopic (exact) mass is 344 g/mol. The van der Waals surface area contributed by atoms with Crippen LogP contribution < -0.4 is 5.32 Å². The van der Waals surface area contributed by atoms with Crippen molar-refractivity contribution in [3.8, 4) is 11.3 Å². The van der Waals surface area contributed by atoms with Gasteiger partial charge in [-0.25, -0.2) is 4.39 Å². The quantitative estimate of drug-likeness (QED) is 0.847. The smallest absolute Gasteiger partial charge is 0.224 e. The van der Waals surface area contributed by atoms with Gasteiger partial charge in [0.2, 0.25) is 5.91 Å². The number of aryl methyl sites for hydroxylation is 1. The Kier molecular flexibility index (Phi) is 5.48. The van der Waals surface area contributed by atoms with E-state index in [9.17, 15) is 9.18 Å². The molecule has 1 aliphatic rings. The summed E-state index contributed by atoms with van der Waals surface area (Å²) in [5.74, 6) is -0.289. The molecule has 0 unspecified atom stereocenters. The van der Waals surface area contributed by atoms with Gasteiger partial charge in [0.15, 0.2) is 0 Å². The molecule has 1 saturated heterocycles. The van der Waals surface area contributed by atoms with Crippen molar-refractivity contribution in [3.05, 3.63) is 41.3 Å². The van der Waals surface area contributed by atoms with E-state index in [4.69, 9.17) is 0 Å². The lowest BCUT2D eigenvalue weighted by Crippen LogP contribution is -2.40. The number of nitrogens with zero attached hydrogens (tertiary/aromatic N) is 2. The number of likely N-dealkylation sites (tertiary alicyclic amines) is 1.